The summed E-state index contributed by atoms with van der Waals surface area (Å²) in [7, 11) is -2.72. The fraction of sp³-hybridized carbons (Fsp3) is 0.167. The minimum absolute atomic E-state index is 0.0135. The van der Waals surface area contributed by atoms with Gasteiger partial charge in [-0.1, -0.05) is 0 Å². The smallest absolute Gasteiger partial charge is 0.339 e. The highest BCUT2D eigenvalue weighted by Crippen LogP contribution is 2.26. The standard InChI is InChI=1S/C18H16BrNO6S/c1-24-18(21)16-10-15(6-7-17(16)19)27(22,23)20(11-13-4-2-8-25-13)12-14-5-3-9-26-14/h2-10H,11-12H2,1H3. The molecule has 0 bridgehead atoms. The molecule has 0 fully saturated rings. The average Bonchev–Trinajstić information content (AvgIpc) is 3.34. The molecule has 1 aromatic carbocycles. The van der Waals surface area contributed by atoms with Gasteiger partial charge in [-0.05, 0) is 58.4 Å². The van der Waals surface area contributed by atoms with Gasteiger partial charge in [0.2, 0.25) is 10.0 Å². The number of benzene rings is 1. The third kappa shape index (κ3) is 4.32. The number of hydrogen-bond donors (Lipinski definition) is 0. The molecule has 7 nitrogen and oxygen atoms in total. The van der Waals surface area contributed by atoms with Crippen molar-refractivity contribution in [2.24, 2.45) is 0 Å². The molecular weight excluding hydrogens is 438 g/mol. The number of furan rings is 2. The summed E-state index contributed by atoms with van der Waals surface area (Å²) in [6, 6.07) is 10.9. The minimum atomic E-state index is -3.95. The van der Waals surface area contributed by atoms with Crippen LogP contribution in [0.25, 0.3) is 0 Å². The van der Waals surface area contributed by atoms with E-state index in [0.717, 1.165) is 0 Å². The van der Waals surface area contributed by atoms with Gasteiger partial charge in [0.15, 0.2) is 0 Å². The molecule has 0 aliphatic carbocycles. The van der Waals surface area contributed by atoms with Crippen LogP contribution in [0.5, 0.6) is 0 Å². The molecule has 2 aromatic heterocycles. The first-order valence-corrected chi connectivity index (χ1v) is 10.1. The Morgan fingerprint density at radius 1 is 1.07 bits per heavy atom. The van der Waals surface area contributed by atoms with Gasteiger partial charge >= 0.3 is 5.97 Å². The molecule has 0 N–H and O–H groups in total. The summed E-state index contributed by atoms with van der Waals surface area (Å²) >= 11 is 3.23. The van der Waals surface area contributed by atoms with E-state index in [1.54, 1.807) is 24.3 Å². The van der Waals surface area contributed by atoms with E-state index in [1.165, 1.54) is 42.1 Å². The summed E-state index contributed by atoms with van der Waals surface area (Å²) in [5.41, 5.74) is 0.120. The Kier molecular flexibility index (Phi) is 5.83. The fourth-order valence-corrected chi connectivity index (χ4v) is 4.27. The van der Waals surface area contributed by atoms with Crippen molar-refractivity contribution in [1.82, 2.24) is 4.31 Å². The van der Waals surface area contributed by atoms with E-state index in [-0.39, 0.29) is 23.5 Å². The van der Waals surface area contributed by atoms with Crippen LogP contribution in [0.1, 0.15) is 21.9 Å². The van der Waals surface area contributed by atoms with E-state index < -0.39 is 16.0 Å². The molecule has 0 saturated carbocycles. The molecule has 9 heteroatoms. The van der Waals surface area contributed by atoms with Crippen LogP contribution in [-0.4, -0.2) is 25.8 Å². The number of carbonyl (C=O) groups is 1. The third-order valence-electron chi connectivity index (χ3n) is 3.81. The topological polar surface area (TPSA) is 90.0 Å². The number of carbonyl (C=O) groups excluding carboxylic acids is 1. The molecule has 0 aliphatic heterocycles. The Morgan fingerprint density at radius 3 is 2.15 bits per heavy atom. The molecule has 2 heterocycles. The number of esters is 1. The third-order valence-corrected chi connectivity index (χ3v) is 6.28. The van der Waals surface area contributed by atoms with Gasteiger partial charge in [-0.15, -0.1) is 0 Å². The van der Waals surface area contributed by atoms with Crippen LogP contribution in [0.15, 0.2) is 73.2 Å². The molecule has 3 rings (SSSR count). The van der Waals surface area contributed by atoms with Crippen molar-refractivity contribution < 1.29 is 26.8 Å². The lowest BCUT2D eigenvalue weighted by molar-refractivity contribution is 0.0599. The quantitative estimate of drug-likeness (QED) is 0.505. The second kappa shape index (κ2) is 8.12. The first-order chi connectivity index (χ1) is 12.9. The van der Waals surface area contributed by atoms with Crippen molar-refractivity contribution in [3.63, 3.8) is 0 Å². The van der Waals surface area contributed by atoms with E-state index in [1.807, 2.05) is 0 Å². The normalized spacial score (nSPS) is 11.7. The molecule has 142 valence electrons. The number of sulfonamides is 1. The van der Waals surface area contributed by atoms with E-state index in [4.69, 9.17) is 13.6 Å². The molecule has 0 atom stereocenters. The van der Waals surface area contributed by atoms with Crippen molar-refractivity contribution in [2.75, 3.05) is 7.11 Å². The molecule has 0 amide bonds. The van der Waals surface area contributed by atoms with Gasteiger partial charge in [-0.25, -0.2) is 13.2 Å². The molecule has 3 aromatic rings. The van der Waals surface area contributed by atoms with Crippen molar-refractivity contribution >= 4 is 31.9 Å². The lowest BCUT2D eigenvalue weighted by atomic mass is 10.2. The van der Waals surface area contributed by atoms with Gasteiger partial charge in [0, 0.05) is 4.47 Å². The predicted molar refractivity (Wildman–Crippen MR) is 99.3 cm³/mol. The second-order valence-corrected chi connectivity index (χ2v) is 8.36. The fourth-order valence-electron chi connectivity index (χ4n) is 2.46. The molecule has 0 spiro atoms. The summed E-state index contributed by atoms with van der Waals surface area (Å²) < 4.78 is 43.4. The summed E-state index contributed by atoms with van der Waals surface area (Å²) in [6.45, 7) is 0.0271. The monoisotopic (exact) mass is 453 g/mol. The Hall–Kier alpha value is -2.36. The van der Waals surface area contributed by atoms with Crippen molar-refractivity contribution in [2.45, 2.75) is 18.0 Å². The van der Waals surface area contributed by atoms with E-state index in [2.05, 4.69) is 15.9 Å². The summed E-state index contributed by atoms with van der Waals surface area (Å²) in [6.07, 6.45) is 2.95. The Labute approximate surface area is 164 Å². The van der Waals surface area contributed by atoms with E-state index >= 15 is 0 Å². The van der Waals surface area contributed by atoms with Gasteiger partial charge in [0.25, 0.3) is 0 Å². The number of methoxy groups -OCH3 is 1. The first kappa shape index (κ1) is 19.4. The Balaban J connectivity index is 2.00. The van der Waals surface area contributed by atoms with Crippen LogP contribution in [0.2, 0.25) is 0 Å². The van der Waals surface area contributed by atoms with Crippen LogP contribution in [-0.2, 0) is 27.8 Å². The number of nitrogens with zero attached hydrogens (tertiary/aromatic N) is 1. The predicted octanol–water partition coefficient (Wildman–Crippen LogP) is 3.81. The first-order valence-electron chi connectivity index (χ1n) is 7.84. The molecular formula is C18H16BrNO6S. The zero-order valence-corrected chi connectivity index (χ0v) is 16.7. The lowest BCUT2D eigenvalue weighted by Gasteiger charge is -2.20. The number of halogens is 1. The summed E-state index contributed by atoms with van der Waals surface area (Å²) in [5, 5.41) is 0. The minimum Gasteiger partial charge on any atom is -0.468 e. The van der Waals surface area contributed by atoms with Crippen LogP contribution in [0, 0.1) is 0 Å². The van der Waals surface area contributed by atoms with E-state index in [0.29, 0.717) is 16.0 Å². The maximum atomic E-state index is 13.2. The van der Waals surface area contributed by atoms with Gasteiger partial charge in [-0.3, -0.25) is 0 Å². The Morgan fingerprint density at radius 2 is 1.67 bits per heavy atom. The van der Waals surface area contributed by atoms with Crippen LogP contribution in [0.4, 0.5) is 0 Å². The number of ether oxygens (including phenoxy) is 1. The maximum Gasteiger partial charge on any atom is 0.339 e. The van der Waals surface area contributed by atoms with Gasteiger partial charge < -0.3 is 13.6 Å². The zero-order chi connectivity index (χ0) is 19.4. The highest BCUT2D eigenvalue weighted by molar-refractivity contribution is 9.10. The number of hydrogen-bond acceptors (Lipinski definition) is 6. The van der Waals surface area contributed by atoms with Crippen LogP contribution >= 0.6 is 15.9 Å². The second-order valence-electron chi connectivity index (χ2n) is 5.57. The van der Waals surface area contributed by atoms with Gasteiger partial charge in [0.1, 0.15) is 11.5 Å². The SMILES string of the molecule is COC(=O)c1cc(S(=O)(=O)N(Cc2ccco2)Cc2ccco2)ccc1Br. The summed E-state index contributed by atoms with van der Waals surface area (Å²) in [5.74, 6) is 0.327. The average molecular weight is 454 g/mol. The van der Waals surface area contributed by atoms with Crippen molar-refractivity contribution in [1.29, 1.82) is 0 Å². The molecule has 0 saturated heterocycles. The highest BCUT2D eigenvalue weighted by atomic mass is 79.9. The number of rotatable bonds is 7. The van der Waals surface area contributed by atoms with Gasteiger partial charge in [-0.2, -0.15) is 4.31 Å². The van der Waals surface area contributed by atoms with E-state index in [9.17, 15) is 13.2 Å². The maximum absolute atomic E-state index is 13.2. The highest BCUT2D eigenvalue weighted by Gasteiger charge is 2.28. The molecule has 0 aliphatic rings. The zero-order valence-electron chi connectivity index (χ0n) is 14.3. The molecule has 27 heavy (non-hydrogen) atoms. The largest absolute Gasteiger partial charge is 0.468 e. The van der Waals surface area contributed by atoms with Crippen LogP contribution in [0.3, 0.4) is 0 Å². The molecule has 0 unspecified atom stereocenters. The Bertz CT molecular complexity index is 976. The van der Waals surface area contributed by atoms with Crippen LogP contribution < -0.4 is 0 Å². The van der Waals surface area contributed by atoms with Crippen molar-refractivity contribution in [3.05, 3.63) is 76.5 Å². The van der Waals surface area contributed by atoms with Crippen molar-refractivity contribution in [3.8, 4) is 0 Å². The van der Waals surface area contributed by atoms with Gasteiger partial charge in [0.05, 0.1) is 43.2 Å². The lowest BCUT2D eigenvalue weighted by Crippen LogP contribution is -2.30. The summed E-state index contributed by atoms with van der Waals surface area (Å²) in [4.78, 5) is 11.9. The molecule has 0 radical (unpaired) electrons.